The van der Waals surface area contributed by atoms with Gasteiger partial charge in [0.15, 0.2) is 0 Å². The molecule has 2 aromatic heterocycles. The van der Waals surface area contributed by atoms with E-state index in [1.54, 1.807) is 0 Å². The van der Waals surface area contributed by atoms with Crippen LogP contribution in [0.5, 0.6) is 0 Å². The average Bonchev–Trinajstić information content (AvgIpc) is 3.17. The van der Waals surface area contributed by atoms with E-state index in [0.717, 1.165) is 32.6 Å². The van der Waals surface area contributed by atoms with E-state index in [4.69, 9.17) is 21.8 Å². The monoisotopic (exact) mass is 409 g/mol. The Kier molecular flexibility index (Phi) is 7.63. The molecule has 7 nitrogen and oxygen atoms in total. The van der Waals surface area contributed by atoms with Crippen molar-refractivity contribution >= 4 is 57.5 Å². The van der Waals surface area contributed by atoms with Crippen molar-refractivity contribution < 1.29 is 19.8 Å². The lowest BCUT2D eigenvalue weighted by atomic mass is 10.2. The summed E-state index contributed by atoms with van der Waals surface area (Å²) in [6, 6.07) is 7.91. The Morgan fingerprint density at radius 1 is 1.19 bits per heavy atom. The van der Waals surface area contributed by atoms with Crippen molar-refractivity contribution in [3.8, 4) is 0 Å². The minimum absolute atomic E-state index is 0.0628. The average molecular weight is 410 g/mol. The maximum absolute atomic E-state index is 9.90. The van der Waals surface area contributed by atoms with Gasteiger partial charge in [0, 0.05) is 12.8 Å². The predicted molar refractivity (Wildman–Crippen MR) is 107 cm³/mol. The molecule has 0 bridgehead atoms. The van der Waals surface area contributed by atoms with Crippen molar-refractivity contribution in [2.45, 2.75) is 32.6 Å². The van der Waals surface area contributed by atoms with Crippen LogP contribution in [0.4, 0.5) is 11.6 Å². The number of anilines is 2. The molecule has 144 valence electrons. The number of aryl methyl sites for hydroxylation is 1. The summed E-state index contributed by atoms with van der Waals surface area (Å²) < 4.78 is 0.753. The van der Waals surface area contributed by atoms with Crippen molar-refractivity contribution in [3.05, 3.63) is 39.5 Å². The first-order valence-corrected chi connectivity index (χ1v) is 9.51. The minimum Gasteiger partial charge on any atom is -0.481 e. The van der Waals surface area contributed by atoms with E-state index in [1.165, 1.54) is 11.3 Å². The van der Waals surface area contributed by atoms with Crippen LogP contribution >= 0.6 is 22.9 Å². The fraction of sp³-hybridized carbons (Fsp3) is 0.278. The molecule has 0 spiro atoms. The Hall–Kier alpha value is -2.58. The summed E-state index contributed by atoms with van der Waals surface area (Å²) in [5.74, 6) is -1.02. The summed E-state index contributed by atoms with van der Waals surface area (Å²) in [5, 5.41) is 21.5. The van der Waals surface area contributed by atoms with Crippen LogP contribution in [0.3, 0.4) is 0 Å². The molecule has 2 heterocycles. The van der Waals surface area contributed by atoms with E-state index in [1.807, 2.05) is 36.6 Å². The zero-order valence-corrected chi connectivity index (χ0v) is 16.2. The number of imidazole rings is 1. The van der Waals surface area contributed by atoms with E-state index in [-0.39, 0.29) is 12.8 Å². The number of H-pyrrole nitrogens is 1. The number of hydrogen-bond donors (Lipinski definition) is 4. The Morgan fingerprint density at radius 2 is 1.81 bits per heavy atom. The number of carbonyl (C=O) groups is 2. The maximum Gasteiger partial charge on any atom is 0.303 e. The lowest BCUT2D eigenvalue weighted by molar-refractivity contribution is -0.139. The molecule has 0 unspecified atom stereocenters. The fourth-order valence-electron chi connectivity index (χ4n) is 2.24. The second kappa shape index (κ2) is 9.94. The number of carboxylic acid groups (broad SMARTS) is 2. The molecule has 3 rings (SSSR count). The molecule has 0 saturated carbocycles. The highest BCUT2D eigenvalue weighted by atomic mass is 35.5. The lowest BCUT2D eigenvalue weighted by Crippen LogP contribution is -1.97. The second-order valence-corrected chi connectivity index (χ2v) is 7.27. The molecule has 0 fully saturated rings. The third-order valence-electron chi connectivity index (χ3n) is 3.59. The number of halogens is 1. The van der Waals surface area contributed by atoms with Crippen molar-refractivity contribution in [2.24, 2.45) is 0 Å². The van der Waals surface area contributed by atoms with Gasteiger partial charge in [-0.25, -0.2) is 4.98 Å². The molecular weight excluding hydrogens is 390 g/mol. The summed E-state index contributed by atoms with van der Waals surface area (Å²) in [6.07, 6.45) is 1.02. The predicted octanol–water partition coefficient (Wildman–Crippen LogP) is 5.05. The highest BCUT2D eigenvalue weighted by molar-refractivity contribution is 7.15. The molecule has 4 N–H and O–H groups in total. The first kappa shape index (κ1) is 20.7. The van der Waals surface area contributed by atoms with Gasteiger partial charge in [-0.1, -0.05) is 23.7 Å². The van der Waals surface area contributed by atoms with Crippen LogP contribution < -0.4 is 5.32 Å². The largest absolute Gasteiger partial charge is 0.481 e. The third-order valence-corrected chi connectivity index (χ3v) is 4.93. The number of thiophene rings is 1. The van der Waals surface area contributed by atoms with E-state index in [0.29, 0.717) is 12.8 Å². The number of aromatic nitrogens is 2. The summed E-state index contributed by atoms with van der Waals surface area (Å²) >= 11 is 7.63. The third kappa shape index (κ3) is 6.58. The Labute approximate surface area is 165 Å². The number of unbranched alkanes of at least 4 members (excludes halogenated alkanes) is 1. The van der Waals surface area contributed by atoms with Gasteiger partial charge in [0.2, 0.25) is 5.95 Å². The van der Waals surface area contributed by atoms with Gasteiger partial charge in [-0.2, -0.15) is 0 Å². The molecule has 3 aromatic rings. The number of nitrogens with one attached hydrogen (secondary N) is 2. The molecule has 0 aliphatic carbocycles. The lowest BCUT2D eigenvalue weighted by Gasteiger charge is -2.01. The number of fused-ring (bicyclic) bond motifs is 1. The smallest absolute Gasteiger partial charge is 0.303 e. The van der Waals surface area contributed by atoms with Gasteiger partial charge in [-0.15, -0.1) is 11.3 Å². The molecule has 9 heteroatoms. The number of aromatic amines is 1. The second-order valence-electron chi connectivity index (χ2n) is 5.79. The Morgan fingerprint density at radius 3 is 2.33 bits per heavy atom. The van der Waals surface area contributed by atoms with Crippen LogP contribution in [-0.2, 0) is 9.59 Å². The minimum atomic E-state index is -0.870. The highest BCUT2D eigenvalue weighted by Gasteiger charge is 2.09. The maximum atomic E-state index is 9.90. The molecule has 27 heavy (non-hydrogen) atoms. The van der Waals surface area contributed by atoms with Gasteiger partial charge in [0.05, 0.1) is 16.7 Å². The topological polar surface area (TPSA) is 115 Å². The molecule has 1 aromatic carbocycles. The number of nitrogens with zero attached hydrogens (tertiary/aromatic N) is 1. The summed E-state index contributed by atoms with van der Waals surface area (Å²) in [5.41, 5.74) is 4.01. The summed E-state index contributed by atoms with van der Waals surface area (Å²) in [6.45, 7) is 2.02. The molecule has 0 saturated heterocycles. The van der Waals surface area contributed by atoms with Gasteiger partial charge < -0.3 is 20.5 Å². The van der Waals surface area contributed by atoms with Gasteiger partial charge in [0.25, 0.3) is 0 Å². The van der Waals surface area contributed by atoms with Gasteiger partial charge in [0.1, 0.15) is 4.34 Å². The van der Waals surface area contributed by atoms with Crippen LogP contribution in [0.15, 0.2) is 29.6 Å². The standard InChI is InChI=1S/C12H10ClN3S.C6H10O4/c1-7-6-17-11(13)10(7)16-12-14-8-4-2-3-5-9(8)15-12;7-5(8)3-1-2-4-6(9)10/h2-6H,1H3,(H2,14,15,16);1-4H2,(H,7,8)(H,9,10). The fourth-order valence-corrected chi connectivity index (χ4v) is 3.30. The van der Waals surface area contributed by atoms with Crippen molar-refractivity contribution in [1.82, 2.24) is 9.97 Å². The number of aliphatic carboxylic acids is 2. The molecule has 0 radical (unpaired) electrons. The van der Waals surface area contributed by atoms with Crippen LogP contribution in [0, 0.1) is 6.92 Å². The van der Waals surface area contributed by atoms with E-state index >= 15 is 0 Å². The summed E-state index contributed by atoms with van der Waals surface area (Å²) in [4.78, 5) is 27.5. The Bertz CT molecular complexity index is 854. The highest BCUT2D eigenvalue weighted by Crippen LogP contribution is 2.34. The van der Waals surface area contributed by atoms with E-state index in [9.17, 15) is 9.59 Å². The quantitative estimate of drug-likeness (QED) is 0.406. The van der Waals surface area contributed by atoms with Crippen LogP contribution in [-0.4, -0.2) is 32.1 Å². The van der Waals surface area contributed by atoms with Gasteiger partial charge in [-0.05, 0) is 42.8 Å². The normalized spacial score (nSPS) is 10.3. The molecule has 0 aliphatic rings. The van der Waals surface area contributed by atoms with Gasteiger partial charge in [-0.3, -0.25) is 9.59 Å². The number of rotatable bonds is 7. The van der Waals surface area contributed by atoms with Crippen molar-refractivity contribution in [3.63, 3.8) is 0 Å². The first-order chi connectivity index (χ1) is 12.9. The van der Waals surface area contributed by atoms with Gasteiger partial charge >= 0.3 is 11.9 Å². The van der Waals surface area contributed by atoms with Crippen molar-refractivity contribution in [1.29, 1.82) is 0 Å². The zero-order chi connectivity index (χ0) is 19.8. The molecule has 0 aliphatic heterocycles. The van der Waals surface area contributed by atoms with Crippen molar-refractivity contribution in [2.75, 3.05) is 5.32 Å². The Balaban J connectivity index is 0.000000227. The number of hydrogen-bond acceptors (Lipinski definition) is 5. The first-order valence-electron chi connectivity index (χ1n) is 8.25. The zero-order valence-electron chi connectivity index (χ0n) is 14.7. The van der Waals surface area contributed by atoms with Crippen LogP contribution in [0.25, 0.3) is 11.0 Å². The molecule has 0 amide bonds. The number of para-hydroxylation sites is 2. The number of carboxylic acids is 2. The van der Waals surface area contributed by atoms with Crippen LogP contribution in [0.2, 0.25) is 4.34 Å². The summed E-state index contributed by atoms with van der Waals surface area (Å²) in [7, 11) is 0. The van der Waals surface area contributed by atoms with E-state index < -0.39 is 11.9 Å². The van der Waals surface area contributed by atoms with Crippen LogP contribution in [0.1, 0.15) is 31.2 Å². The SMILES string of the molecule is Cc1csc(Cl)c1Nc1nc2ccccc2[nH]1.O=C(O)CCCCC(=O)O. The molecule has 0 atom stereocenters. The van der Waals surface area contributed by atoms with E-state index in [2.05, 4.69) is 15.3 Å². The molecular formula is C18H20ClN3O4S. The number of benzene rings is 1.